The highest BCUT2D eigenvalue weighted by atomic mass is 35.5. The molecule has 34 heavy (non-hydrogen) atoms. The second-order valence-corrected chi connectivity index (χ2v) is 8.01. The number of carbonyl (C=O) groups is 1. The second-order valence-electron chi connectivity index (χ2n) is 6.66. The minimum Gasteiger partial charge on any atom is -0.493 e. The number of hydrogen-bond acceptors (Lipinski definition) is 9. The molecule has 0 spiro atoms. The van der Waals surface area contributed by atoms with Gasteiger partial charge < -0.3 is 14.0 Å². The van der Waals surface area contributed by atoms with Crippen LogP contribution in [0, 0.1) is 10.1 Å². The van der Waals surface area contributed by atoms with E-state index in [1.165, 1.54) is 36.2 Å². The first-order valence-corrected chi connectivity index (χ1v) is 11.3. The van der Waals surface area contributed by atoms with Crippen LogP contribution >= 0.6 is 23.4 Å². The molecule has 0 atom stereocenters. The van der Waals surface area contributed by atoms with Crippen LogP contribution in [0.2, 0.25) is 5.02 Å². The Bertz CT molecular complexity index is 1230. The summed E-state index contributed by atoms with van der Waals surface area (Å²) in [5.41, 5.74) is 3.35. The van der Waals surface area contributed by atoms with Crippen molar-refractivity contribution in [2.24, 2.45) is 5.10 Å². The topological polar surface area (TPSA) is 134 Å². The molecule has 0 unspecified atom stereocenters. The molecule has 0 fully saturated rings. The van der Waals surface area contributed by atoms with Gasteiger partial charge in [-0.05, 0) is 31.2 Å². The van der Waals surface area contributed by atoms with E-state index in [1.807, 2.05) is 23.6 Å². The van der Waals surface area contributed by atoms with Crippen LogP contribution in [0.15, 0.2) is 46.7 Å². The van der Waals surface area contributed by atoms with E-state index in [0.717, 1.165) is 5.56 Å². The molecule has 0 aliphatic rings. The van der Waals surface area contributed by atoms with Gasteiger partial charge in [0.1, 0.15) is 0 Å². The lowest BCUT2D eigenvalue weighted by molar-refractivity contribution is -0.384. The largest absolute Gasteiger partial charge is 0.493 e. The van der Waals surface area contributed by atoms with Crippen LogP contribution in [0.4, 0.5) is 5.69 Å². The quantitative estimate of drug-likeness (QED) is 0.191. The van der Waals surface area contributed by atoms with Gasteiger partial charge in [-0.1, -0.05) is 23.4 Å². The van der Waals surface area contributed by atoms with E-state index >= 15 is 0 Å². The van der Waals surface area contributed by atoms with Crippen LogP contribution in [0.1, 0.15) is 12.5 Å². The van der Waals surface area contributed by atoms with Crippen LogP contribution in [0.25, 0.3) is 11.4 Å². The average molecular weight is 505 g/mol. The highest BCUT2D eigenvalue weighted by Gasteiger charge is 2.16. The fourth-order valence-corrected chi connectivity index (χ4v) is 3.91. The monoisotopic (exact) mass is 504 g/mol. The number of rotatable bonds is 10. The maximum absolute atomic E-state index is 12.2. The van der Waals surface area contributed by atoms with Crippen molar-refractivity contribution in [2.45, 2.75) is 18.6 Å². The number of non-ortho nitro benzene ring substituents is 1. The first-order valence-electron chi connectivity index (χ1n) is 9.92. The second kappa shape index (κ2) is 11.5. The number of ether oxygens (including phenoxy) is 2. The van der Waals surface area contributed by atoms with E-state index < -0.39 is 4.92 Å². The van der Waals surface area contributed by atoms with Crippen molar-refractivity contribution in [3.8, 4) is 22.9 Å². The molecule has 3 aromatic rings. The maximum atomic E-state index is 12.2. The van der Waals surface area contributed by atoms with Crippen LogP contribution in [-0.4, -0.2) is 51.8 Å². The number of amides is 1. The molecule has 11 nitrogen and oxygen atoms in total. The Morgan fingerprint density at radius 3 is 2.68 bits per heavy atom. The number of nitro groups is 1. The van der Waals surface area contributed by atoms with Gasteiger partial charge in [0.05, 0.1) is 31.1 Å². The molecule has 1 amide bonds. The van der Waals surface area contributed by atoms with Crippen molar-refractivity contribution < 1.29 is 19.2 Å². The Balaban J connectivity index is 1.66. The van der Waals surface area contributed by atoms with Crippen molar-refractivity contribution in [2.75, 3.05) is 20.0 Å². The van der Waals surface area contributed by atoms with E-state index in [-0.39, 0.29) is 22.4 Å². The molecule has 0 bridgehead atoms. The van der Waals surface area contributed by atoms with Gasteiger partial charge in [0, 0.05) is 34.8 Å². The van der Waals surface area contributed by atoms with Gasteiger partial charge >= 0.3 is 0 Å². The number of hydrazone groups is 1. The SMILES string of the molecule is CCn1c(SCC(=O)N/N=C\c2cc([N+](=O)[O-])ccc2Cl)nnc1-c1ccc(OC)c(OC)c1. The lowest BCUT2D eigenvalue weighted by Gasteiger charge is -2.10. The summed E-state index contributed by atoms with van der Waals surface area (Å²) in [6.45, 7) is 2.54. The molecule has 178 valence electrons. The third-order valence-corrected chi connectivity index (χ3v) is 5.90. The summed E-state index contributed by atoms with van der Waals surface area (Å²) >= 11 is 7.22. The zero-order chi connectivity index (χ0) is 24.7. The highest BCUT2D eigenvalue weighted by Crippen LogP contribution is 2.32. The number of nitrogens with one attached hydrogen (secondary N) is 1. The molecule has 2 aromatic carbocycles. The molecule has 0 radical (unpaired) electrons. The Morgan fingerprint density at radius 1 is 1.24 bits per heavy atom. The molecule has 3 rings (SSSR count). The number of aromatic nitrogens is 3. The van der Waals surface area contributed by atoms with E-state index in [0.29, 0.717) is 34.6 Å². The van der Waals surface area contributed by atoms with E-state index in [4.69, 9.17) is 21.1 Å². The van der Waals surface area contributed by atoms with Gasteiger partial charge in [0.25, 0.3) is 11.6 Å². The van der Waals surface area contributed by atoms with Crippen LogP contribution in [0.5, 0.6) is 11.5 Å². The van der Waals surface area contributed by atoms with Gasteiger partial charge in [-0.3, -0.25) is 14.9 Å². The Morgan fingerprint density at radius 2 is 2.00 bits per heavy atom. The first kappa shape index (κ1) is 25.0. The third-order valence-electron chi connectivity index (χ3n) is 4.59. The number of thioether (sulfide) groups is 1. The predicted octanol–water partition coefficient (Wildman–Crippen LogP) is 3.79. The molecule has 1 N–H and O–H groups in total. The number of benzene rings is 2. The number of nitro benzene ring substituents is 1. The molecule has 0 saturated heterocycles. The standard InChI is InChI=1S/C21H21ClN6O5S/c1-4-27-20(13-5-8-17(32-2)18(10-13)33-3)25-26-21(27)34-12-19(29)24-23-11-14-9-15(28(30)31)6-7-16(14)22/h5-11H,4,12H2,1-3H3,(H,24,29)/b23-11-. The Labute approximate surface area is 204 Å². The van der Waals surface area contributed by atoms with Crippen LogP contribution < -0.4 is 14.9 Å². The average Bonchev–Trinajstić information content (AvgIpc) is 3.26. The fourth-order valence-electron chi connectivity index (χ4n) is 2.95. The molecule has 0 aliphatic carbocycles. The zero-order valence-corrected chi connectivity index (χ0v) is 20.1. The number of carbonyl (C=O) groups excluding carboxylic acids is 1. The van der Waals surface area contributed by atoms with Gasteiger partial charge in [-0.2, -0.15) is 5.10 Å². The summed E-state index contributed by atoms with van der Waals surface area (Å²) in [5, 5.41) is 24.0. The predicted molar refractivity (Wildman–Crippen MR) is 129 cm³/mol. The number of hydrogen-bond donors (Lipinski definition) is 1. The van der Waals surface area contributed by atoms with Gasteiger partial charge in [-0.15, -0.1) is 10.2 Å². The Hall–Kier alpha value is -3.64. The smallest absolute Gasteiger partial charge is 0.270 e. The lowest BCUT2D eigenvalue weighted by atomic mass is 10.2. The molecular weight excluding hydrogens is 484 g/mol. The fraction of sp³-hybridized carbons (Fsp3) is 0.238. The van der Waals surface area contributed by atoms with Crippen LogP contribution in [0.3, 0.4) is 0 Å². The number of methoxy groups -OCH3 is 2. The van der Waals surface area contributed by atoms with Crippen molar-refractivity contribution in [3.05, 3.63) is 57.1 Å². The van der Waals surface area contributed by atoms with Gasteiger partial charge in [0.2, 0.25) is 0 Å². The Kier molecular flexibility index (Phi) is 8.44. The van der Waals surface area contributed by atoms with Crippen molar-refractivity contribution in [3.63, 3.8) is 0 Å². The number of halogens is 1. The summed E-state index contributed by atoms with van der Waals surface area (Å²) in [7, 11) is 3.12. The lowest BCUT2D eigenvalue weighted by Crippen LogP contribution is -2.20. The van der Waals surface area contributed by atoms with E-state index in [1.54, 1.807) is 20.3 Å². The van der Waals surface area contributed by atoms with Gasteiger partial charge in [0.15, 0.2) is 22.5 Å². The highest BCUT2D eigenvalue weighted by molar-refractivity contribution is 7.99. The molecule has 13 heteroatoms. The third kappa shape index (κ3) is 5.83. The van der Waals surface area contributed by atoms with E-state index in [2.05, 4.69) is 20.7 Å². The maximum Gasteiger partial charge on any atom is 0.270 e. The minimum atomic E-state index is -0.539. The molecule has 0 aliphatic heterocycles. The minimum absolute atomic E-state index is 0.0318. The first-order chi connectivity index (χ1) is 16.4. The van der Waals surface area contributed by atoms with Crippen molar-refractivity contribution in [1.82, 2.24) is 20.2 Å². The molecular formula is C21H21ClN6O5S. The summed E-state index contributed by atoms with van der Waals surface area (Å²) < 4.78 is 12.5. The normalized spacial score (nSPS) is 10.9. The van der Waals surface area contributed by atoms with Crippen molar-refractivity contribution >= 4 is 41.2 Å². The van der Waals surface area contributed by atoms with Gasteiger partial charge in [-0.25, -0.2) is 5.43 Å². The summed E-state index contributed by atoms with van der Waals surface area (Å²) in [4.78, 5) is 22.6. The summed E-state index contributed by atoms with van der Waals surface area (Å²) in [6.07, 6.45) is 1.25. The summed E-state index contributed by atoms with van der Waals surface area (Å²) in [6, 6.07) is 9.40. The molecule has 1 heterocycles. The summed E-state index contributed by atoms with van der Waals surface area (Å²) in [5.74, 6) is 1.45. The molecule has 0 saturated carbocycles. The number of nitrogens with zero attached hydrogens (tertiary/aromatic N) is 5. The van der Waals surface area contributed by atoms with Crippen molar-refractivity contribution in [1.29, 1.82) is 0 Å². The van der Waals surface area contributed by atoms with E-state index in [9.17, 15) is 14.9 Å². The zero-order valence-electron chi connectivity index (χ0n) is 18.5. The molecule has 1 aromatic heterocycles. The van der Waals surface area contributed by atoms with Crippen LogP contribution in [-0.2, 0) is 11.3 Å².